The zero-order valence-corrected chi connectivity index (χ0v) is 18.7. The van der Waals surface area contributed by atoms with E-state index in [4.69, 9.17) is 6.42 Å². The van der Waals surface area contributed by atoms with Crippen molar-refractivity contribution in [3.63, 3.8) is 0 Å². The number of nitrogens with zero attached hydrogens (tertiary/aromatic N) is 6. The summed E-state index contributed by atoms with van der Waals surface area (Å²) in [6.07, 6.45) is 10.8. The first-order chi connectivity index (χ1) is 16.7. The summed E-state index contributed by atoms with van der Waals surface area (Å²) >= 11 is 0. The van der Waals surface area contributed by atoms with Gasteiger partial charge in [-0.25, -0.2) is 14.6 Å². The molecule has 2 aromatic heterocycles. The molecule has 34 heavy (non-hydrogen) atoms. The lowest BCUT2D eigenvalue weighted by atomic mass is 10.1. The van der Waals surface area contributed by atoms with Crippen LogP contribution in [0.4, 0.5) is 5.82 Å². The summed E-state index contributed by atoms with van der Waals surface area (Å²) in [5, 5.41) is 8.34. The highest BCUT2D eigenvalue weighted by atomic mass is 16.2. The van der Waals surface area contributed by atoms with Crippen molar-refractivity contribution in [2.45, 2.75) is 12.6 Å². The molecule has 170 valence electrons. The molecular formula is C26H25N7O. The van der Waals surface area contributed by atoms with Gasteiger partial charge in [0.15, 0.2) is 0 Å². The van der Waals surface area contributed by atoms with Crippen molar-refractivity contribution in [3.05, 3.63) is 78.9 Å². The topological polar surface area (TPSA) is 79.2 Å². The van der Waals surface area contributed by atoms with Crippen molar-refractivity contribution in [1.82, 2.24) is 30.0 Å². The molecule has 1 aliphatic rings. The SMILES string of the molecule is C#CCNC(=O)C1CN(c2ncnc3ccccc23)CCN1Cc1cnn(-c2ccccc2)c1. The summed E-state index contributed by atoms with van der Waals surface area (Å²) < 4.78 is 1.85. The van der Waals surface area contributed by atoms with Gasteiger partial charge in [0.05, 0.1) is 23.9 Å². The number of amides is 1. The van der Waals surface area contributed by atoms with Gasteiger partial charge in [-0.15, -0.1) is 6.42 Å². The molecule has 3 heterocycles. The first-order valence-electron chi connectivity index (χ1n) is 11.2. The van der Waals surface area contributed by atoms with E-state index in [0.717, 1.165) is 34.5 Å². The molecule has 0 aliphatic carbocycles. The van der Waals surface area contributed by atoms with Gasteiger partial charge in [0, 0.05) is 43.3 Å². The van der Waals surface area contributed by atoms with E-state index in [2.05, 4.69) is 36.1 Å². The third kappa shape index (κ3) is 4.47. The Labute approximate surface area is 198 Å². The van der Waals surface area contributed by atoms with Crippen LogP contribution in [0.3, 0.4) is 0 Å². The molecule has 8 nitrogen and oxygen atoms in total. The monoisotopic (exact) mass is 451 g/mol. The molecule has 0 saturated carbocycles. The Morgan fingerprint density at radius 1 is 1.09 bits per heavy atom. The Hall–Kier alpha value is -4.22. The second-order valence-electron chi connectivity index (χ2n) is 8.20. The van der Waals surface area contributed by atoms with E-state index in [1.54, 1.807) is 6.33 Å². The van der Waals surface area contributed by atoms with Gasteiger partial charge in [-0.3, -0.25) is 9.69 Å². The number of rotatable bonds is 6. The summed E-state index contributed by atoms with van der Waals surface area (Å²) in [7, 11) is 0. The van der Waals surface area contributed by atoms with Gasteiger partial charge >= 0.3 is 0 Å². The number of terminal acetylenes is 1. The van der Waals surface area contributed by atoms with Crippen LogP contribution in [-0.4, -0.2) is 62.8 Å². The zero-order chi connectivity index (χ0) is 23.3. The number of hydrogen-bond donors (Lipinski definition) is 1. The zero-order valence-electron chi connectivity index (χ0n) is 18.7. The number of nitrogens with one attached hydrogen (secondary N) is 1. The molecule has 1 amide bonds. The van der Waals surface area contributed by atoms with E-state index in [-0.39, 0.29) is 18.5 Å². The maximum atomic E-state index is 13.1. The largest absolute Gasteiger partial charge is 0.353 e. The molecule has 1 atom stereocenters. The van der Waals surface area contributed by atoms with Gasteiger partial charge in [-0.05, 0) is 24.3 Å². The van der Waals surface area contributed by atoms with Crippen molar-refractivity contribution in [3.8, 4) is 18.0 Å². The van der Waals surface area contributed by atoms with E-state index in [9.17, 15) is 4.79 Å². The number of fused-ring (bicyclic) bond motifs is 1. The number of para-hydroxylation sites is 2. The fourth-order valence-electron chi connectivity index (χ4n) is 4.35. The Morgan fingerprint density at radius 2 is 1.91 bits per heavy atom. The molecule has 1 saturated heterocycles. The molecule has 2 aromatic carbocycles. The number of hydrogen-bond acceptors (Lipinski definition) is 6. The highest BCUT2D eigenvalue weighted by Gasteiger charge is 2.33. The normalized spacial score (nSPS) is 16.3. The van der Waals surface area contributed by atoms with Gasteiger partial charge in [0.25, 0.3) is 0 Å². The average molecular weight is 452 g/mol. The lowest BCUT2D eigenvalue weighted by molar-refractivity contribution is -0.126. The van der Waals surface area contributed by atoms with Crippen LogP contribution in [0.25, 0.3) is 16.6 Å². The molecule has 5 rings (SSSR count). The minimum absolute atomic E-state index is 0.0866. The number of anilines is 1. The Kier molecular flexibility index (Phi) is 6.19. The molecule has 0 bridgehead atoms. The average Bonchev–Trinajstić information content (AvgIpc) is 3.36. The van der Waals surface area contributed by atoms with Crippen LogP contribution in [0.5, 0.6) is 0 Å². The maximum Gasteiger partial charge on any atom is 0.239 e. The predicted molar refractivity (Wildman–Crippen MR) is 131 cm³/mol. The Morgan fingerprint density at radius 3 is 2.76 bits per heavy atom. The lowest BCUT2D eigenvalue weighted by Crippen LogP contribution is -2.59. The van der Waals surface area contributed by atoms with Gasteiger partial charge in [0.2, 0.25) is 5.91 Å². The summed E-state index contributed by atoms with van der Waals surface area (Å²) in [6, 6.07) is 17.5. The molecule has 1 unspecified atom stereocenters. The third-order valence-corrected chi connectivity index (χ3v) is 6.02. The van der Waals surface area contributed by atoms with Crippen molar-refractivity contribution in [2.24, 2.45) is 0 Å². The van der Waals surface area contributed by atoms with Gasteiger partial charge in [-0.2, -0.15) is 5.10 Å². The fourth-order valence-corrected chi connectivity index (χ4v) is 4.35. The molecule has 4 aromatic rings. The van der Waals surface area contributed by atoms with Gasteiger partial charge < -0.3 is 10.2 Å². The number of carbonyl (C=O) groups is 1. The molecule has 1 fully saturated rings. The smallest absolute Gasteiger partial charge is 0.239 e. The van der Waals surface area contributed by atoms with Crippen LogP contribution in [0.15, 0.2) is 73.3 Å². The molecule has 1 N–H and O–H groups in total. The Balaban J connectivity index is 1.38. The van der Waals surface area contributed by atoms with Gasteiger partial charge in [-0.1, -0.05) is 36.3 Å². The summed E-state index contributed by atoms with van der Waals surface area (Å²) in [4.78, 5) is 26.4. The summed E-state index contributed by atoms with van der Waals surface area (Å²) in [5.74, 6) is 3.25. The molecule has 0 spiro atoms. The van der Waals surface area contributed by atoms with E-state index in [0.29, 0.717) is 19.6 Å². The van der Waals surface area contributed by atoms with Crippen LogP contribution in [0.2, 0.25) is 0 Å². The minimum Gasteiger partial charge on any atom is -0.353 e. The van der Waals surface area contributed by atoms with Crippen LogP contribution in [0, 0.1) is 12.3 Å². The summed E-state index contributed by atoms with van der Waals surface area (Å²) in [5.41, 5.74) is 2.92. The summed E-state index contributed by atoms with van der Waals surface area (Å²) in [6.45, 7) is 2.75. The first-order valence-corrected chi connectivity index (χ1v) is 11.2. The van der Waals surface area contributed by atoms with Crippen molar-refractivity contribution in [1.29, 1.82) is 0 Å². The number of piperazine rings is 1. The standard InChI is InChI=1S/C26H25N7O/c1-2-12-27-26(34)24-18-32(25-22-10-6-7-11-23(22)28-19-29-25)14-13-31(24)16-20-15-30-33(17-20)21-8-4-3-5-9-21/h1,3-11,15,17,19,24H,12-14,16,18H2,(H,27,34). The van der Waals surface area contributed by atoms with E-state index in [1.165, 1.54) is 0 Å². The number of benzene rings is 2. The highest BCUT2D eigenvalue weighted by molar-refractivity contribution is 5.90. The predicted octanol–water partition coefficient (Wildman–Crippen LogP) is 2.26. The van der Waals surface area contributed by atoms with Crippen LogP contribution >= 0.6 is 0 Å². The molecular weight excluding hydrogens is 426 g/mol. The van der Waals surface area contributed by atoms with E-state index in [1.807, 2.05) is 71.7 Å². The van der Waals surface area contributed by atoms with Gasteiger partial charge in [0.1, 0.15) is 18.2 Å². The fraction of sp³-hybridized carbons (Fsp3) is 0.231. The second kappa shape index (κ2) is 9.73. The molecule has 1 aliphatic heterocycles. The molecule has 0 radical (unpaired) electrons. The maximum absolute atomic E-state index is 13.1. The molecule has 8 heteroatoms. The van der Waals surface area contributed by atoms with Crippen molar-refractivity contribution in [2.75, 3.05) is 31.1 Å². The third-order valence-electron chi connectivity index (χ3n) is 6.02. The highest BCUT2D eigenvalue weighted by Crippen LogP contribution is 2.26. The van der Waals surface area contributed by atoms with E-state index >= 15 is 0 Å². The first kappa shape index (κ1) is 21.6. The number of carbonyl (C=O) groups excluding carboxylic acids is 1. The van der Waals surface area contributed by atoms with Crippen molar-refractivity contribution >= 4 is 22.6 Å². The van der Waals surface area contributed by atoms with E-state index < -0.39 is 0 Å². The second-order valence-corrected chi connectivity index (χ2v) is 8.20. The quantitative estimate of drug-likeness (QED) is 0.453. The van der Waals surface area contributed by atoms with Crippen molar-refractivity contribution < 1.29 is 4.79 Å². The lowest BCUT2D eigenvalue weighted by Gasteiger charge is -2.41. The number of aromatic nitrogens is 4. The Bertz CT molecular complexity index is 1320. The van der Waals surface area contributed by atoms with Crippen LogP contribution in [0.1, 0.15) is 5.56 Å². The minimum atomic E-state index is -0.379. The van der Waals surface area contributed by atoms with Crippen LogP contribution < -0.4 is 10.2 Å². The van der Waals surface area contributed by atoms with Crippen LogP contribution in [-0.2, 0) is 11.3 Å².